The van der Waals surface area contributed by atoms with Crippen LogP contribution in [-0.2, 0) is 32.6 Å². The predicted molar refractivity (Wildman–Crippen MR) is 158 cm³/mol. The molecule has 9 heteroatoms. The fourth-order valence-corrected chi connectivity index (χ4v) is 5.85. The Morgan fingerprint density at radius 2 is 1.57 bits per heavy atom. The summed E-state index contributed by atoms with van der Waals surface area (Å²) in [6.45, 7) is 7.19. The van der Waals surface area contributed by atoms with Gasteiger partial charge in [0.15, 0.2) is 0 Å². The Labute approximate surface area is 238 Å². The molecule has 0 aromatic heterocycles. The predicted octanol–water partition coefficient (Wildman–Crippen LogP) is 4.78. The molecule has 0 bridgehead atoms. The summed E-state index contributed by atoms with van der Waals surface area (Å²) in [4.78, 5) is 28.8. The van der Waals surface area contributed by atoms with Crippen LogP contribution >= 0.6 is 0 Å². The average Bonchev–Trinajstić information content (AvgIpc) is 2.95. The second-order valence-electron chi connectivity index (χ2n) is 9.81. The minimum absolute atomic E-state index is 0.0753. The van der Waals surface area contributed by atoms with Crippen LogP contribution in [0.15, 0.2) is 83.8 Å². The molecular weight excluding hydrogens is 526 g/mol. The van der Waals surface area contributed by atoms with Crippen molar-refractivity contribution in [1.29, 1.82) is 0 Å². The number of anilines is 1. The van der Waals surface area contributed by atoms with E-state index in [1.165, 1.54) is 17.0 Å². The van der Waals surface area contributed by atoms with Gasteiger partial charge in [-0.1, -0.05) is 56.3 Å². The molecule has 3 aromatic carbocycles. The number of hydrogen-bond donors (Lipinski definition) is 1. The lowest BCUT2D eigenvalue weighted by Gasteiger charge is -2.33. The van der Waals surface area contributed by atoms with Crippen molar-refractivity contribution in [3.63, 3.8) is 0 Å². The summed E-state index contributed by atoms with van der Waals surface area (Å²) in [6, 6.07) is 21.5. The Morgan fingerprint density at radius 3 is 2.15 bits per heavy atom. The first kappa shape index (κ1) is 30.7. The van der Waals surface area contributed by atoms with Crippen LogP contribution in [0.4, 0.5) is 5.69 Å². The van der Waals surface area contributed by atoms with Gasteiger partial charge in [-0.2, -0.15) is 0 Å². The van der Waals surface area contributed by atoms with Crippen molar-refractivity contribution in [2.24, 2.45) is 0 Å². The molecule has 0 fully saturated rings. The molecule has 0 aliphatic heterocycles. The van der Waals surface area contributed by atoms with E-state index in [0.717, 1.165) is 21.9 Å². The van der Waals surface area contributed by atoms with Crippen LogP contribution in [0.1, 0.15) is 45.2 Å². The van der Waals surface area contributed by atoms with Gasteiger partial charge in [-0.15, -0.1) is 0 Å². The fraction of sp³-hybridized carbons (Fsp3) is 0.355. The molecule has 1 atom stereocenters. The molecule has 0 radical (unpaired) electrons. The molecule has 0 saturated heterocycles. The number of aryl methyl sites for hydroxylation is 1. The molecule has 0 spiro atoms. The van der Waals surface area contributed by atoms with Gasteiger partial charge in [0, 0.05) is 12.6 Å². The molecule has 214 valence electrons. The van der Waals surface area contributed by atoms with Crippen molar-refractivity contribution in [3.05, 3.63) is 90.0 Å². The van der Waals surface area contributed by atoms with Crippen LogP contribution in [0.25, 0.3) is 0 Å². The molecule has 0 aliphatic rings. The number of sulfonamides is 1. The Hall–Kier alpha value is -3.85. The van der Waals surface area contributed by atoms with Crippen molar-refractivity contribution in [3.8, 4) is 5.75 Å². The van der Waals surface area contributed by atoms with E-state index in [0.29, 0.717) is 17.9 Å². The molecule has 8 nitrogen and oxygen atoms in total. The second-order valence-corrected chi connectivity index (χ2v) is 11.7. The Kier molecular flexibility index (Phi) is 10.7. The minimum Gasteiger partial charge on any atom is -0.497 e. The molecular formula is C31H39N3O5S. The van der Waals surface area contributed by atoms with Gasteiger partial charge in [0.1, 0.15) is 18.3 Å². The zero-order valence-corrected chi connectivity index (χ0v) is 24.6. The highest BCUT2D eigenvalue weighted by Crippen LogP contribution is 2.26. The van der Waals surface area contributed by atoms with E-state index < -0.39 is 28.5 Å². The normalized spacial score (nSPS) is 12.1. The number of ether oxygens (including phenoxy) is 1. The van der Waals surface area contributed by atoms with Crippen molar-refractivity contribution >= 4 is 27.5 Å². The molecule has 0 aliphatic carbocycles. The number of rotatable bonds is 13. The number of amides is 2. The lowest BCUT2D eigenvalue weighted by molar-refractivity contribution is -0.140. The number of carbonyl (C=O) groups is 2. The van der Waals surface area contributed by atoms with Gasteiger partial charge in [-0.05, 0) is 74.2 Å². The Morgan fingerprint density at radius 1 is 0.900 bits per heavy atom. The molecule has 0 saturated carbocycles. The van der Waals surface area contributed by atoms with Crippen LogP contribution in [-0.4, -0.2) is 50.9 Å². The van der Waals surface area contributed by atoms with E-state index in [1.807, 2.05) is 52.0 Å². The van der Waals surface area contributed by atoms with Crippen molar-refractivity contribution < 1.29 is 22.7 Å². The van der Waals surface area contributed by atoms with Gasteiger partial charge in [0.25, 0.3) is 10.0 Å². The number of carbonyl (C=O) groups excluding carboxylic acids is 2. The quantitative estimate of drug-likeness (QED) is 0.322. The largest absolute Gasteiger partial charge is 0.497 e. The Balaban J connectivity index is 2.06. The summed E-state index contributed by atoms with van der Waals surface area (Å²) in [5.41, 5.74) is 2.17. The maximum absolute atomic E-state index is 14.1. The van der Waals surface area contributed by atoms with Gasteiger partial charge in [-0.3, -0.25) is 13.9 Å². The van der Waals surface area contributed by atoms with Crippen molar-refractivity contribution in [2.75, 3.05) is 18.0 Å². The van der Waals surface area contributed by atoms with E-state index in [9.17, 15) is 18.0 Å². The molecule has 0 unspecified atom stereocenters. The van der Waals surface area contributed by atoms with Crippen LogP contribution in [0, 0.1) is 0 Å². The van der Waals surface area contributed by atoms with Crippen LogP contribution in [0.5, 0.6) is 5.75 Å². The molecule has 1 N–H and O–H groups in total. The van der Waals surface area contributed by atoms with E-state index in [2.05, 4.69) is 5.32 Å². The van der Waals surface area contributed by atoms with Crippen LogP contribution in [0.2, 0.25) is 0 Å². The number of nitrogens with zero attached hydrogens (tertiary/aromatic N) is 2. The van der Waals surface area contributed by atoms with Gasteiger partial charge in [-0.25, -0.2) is 8.42 Å². The zero-order chi connectivity index (χ0) is 29.3. The molecule has 3 rings (SSSR count). The van der Waals surface area contributed by atoms with Gasteiger partial charge in [0.2, 0.25) is 11.8 Å². The van der Waals surface area contributed by atoms with E-state index >= 15 is 0 Å². The summed E-state index contributed by atoms with van der Waals surface area (Å²) in [7, 11) is -2.53. The van der Waals surface area contributed by atoms with Gasteiger partial charge >= 0.3 is 0 Å². The number of methoxy groups -OCH3 is 1. The van der Waals surface area contributed by atoms with E-state index in [1.54, 1.807) is 49.6 Å². The Bertz CT molecular complexity index is 1380. The highest BCUT2D eigenvalue weighted by Gasteiger charge is 2.33. The first-order valence-electron chi connectivity index (χ1n) is 13.5. The monoisotopic (exact) mass is 565 g/mol. The highest BCUT2D eigenvalue weighted by molar-refractivity contribution is 7.92. The van der Waals surface area contributed by atoms with Crippen molar-refractivity contribution in [2.45, 2.75) is 64.1 Å². The molecule has 40 heavy (non-hydrogen) atoms. The lowest BCUT2D eigenvalue weighted by Crippen LogP contribution is -2.53. The smallest absolute Gasteiger partial charge is 0.264 e. The van der Waals surface area contributed by atoms with Crippen molar-refractivity contribution in [1.82, 2.24) is 10.2 Å². The van der Waals surface area contributed by atoms with E-state index in [4.69, 9.17) is 4.74 Å². The third kappa shape index (κ3) is 7.63. The zero-order valence-electron chi connectivity index (χ0n) is 23.8. The topological polar surface area (TPSA) is 96.0 Å². The number of benzene rings is 3. The number of nitrogens with one attached hydrogen (secondary N) is 1. The third-order valence-corrected chi connectivity index (χ3v) is 8.33. The molecule has 0 heterocycles. The maximum Gasteiger partial charge on any atom is 0.264 e. The summed E-state index contributed by atoms with van der Waals surface area (Å²) < 4.78 is 34.2. The first-order valence-corrected chi connectivity index (χ1v) is 14.9. The van der Waals surface area contributed by atoms with Crippen LogP contribution < -0.4 is 14.4 Å². The summed E-state index contributed by atoms with van der Waals surface area (Å²) in [6.07, 6.45) is 1.15. The minimum atomic E-state index is -4.09. The first-order chi connectivity index (χ1) is 19.1. The van der Waals surface area contributed by atoms with Gasteiger partial charge < -0.3 is 15.0 Å². The maximum atomic E-state index is 14.1. The molecule has 3 aromatic rings. The summed E-state index contributed by atoms with van der Waals surface area (Å²) >= 11 is 0. The van der Waals surface area contributed by atoms with Crippen LogP contribution in [0.3, 0.4) is 0 Å². The third-order valence-electron chi connectivity index (χ3n) is 6.55. The lowest BCUT2D eigenvalue weighted by atomic mass is 10.1. The fourth-order valence-electron chi connectivity index (χ4n) is 4.41. The van der Waals surface area contributed by atoms with Gasteiger partial charge in [0.05, 0.1) is 17.7 Å². The SMILES string of the molecule is CCc1ccc(N(CC(=O)N(Cc2cccc(OC)c2)[C@@H](CC)C(=O)NC(C)C)S(=O)(=O)c2ccccc2)cc1. The average molecular weight is 566 g/mol. The summed E-state index contributed by atoms with van der Waals surface area (Å²) in [5, 5.41) is 2.90. The second kappa shape index (κ2) is 14.0. The molecule has 2 amide bonds. The highest BCUT2D eigenvalue weighted by atomic mass is 32.2. The summed E-state index contributed by atoms with van der Waals surface area (Å²) in [5.74, 6) is -0.167. The van der Waals surface area contributed by atoms with E-state index in [-0.39, 0.29) is 23.4 Å². The standard InChI is InChI=1S/C31H39N3O5S/c1-6-24-16-18-26(19-17-24)34(40(37,38)28-14-9-8-10-15-28)22-30(35)33(29(7-2)31(36)32-23(3)4)21-25-12-11-13-27(20-25)39-5/h8-20,23,29H,6-7,21-22H2,1-5H3,(H,32,36)/t29-/m0/s1. The number of hydrogen-bond acceptors (Lipinski definition) is 5.